The summed E-state index contributed by atoms with van der Waals surface area (Å²) in [7, 11) is 0. The molecule has 0 N–H and O–H groups in total. The molecule has 0 bridgehead atoms. The highest BCUT2D eigenvalue weighted by molar-refractivity contribution is 4.81. The van der Waals surface area contributed by atoms with Gasteiger partial charge in [-0.15, -0.1) is 0 Å². The van der Waals surface area contributed by atoms with Gasteiger partial charge in [0.2, 0.25) is 0 Å². The molecule has 0 unspecified atom stereocenters. The molecule has 0 nitrogen and oxygen atoms in total. The van der Waals surface area contributed by atoms with Crippen molar-refractivity contribution in [1.82, 2.24) is 0 Å². The van der Waals surface area contributed by atoms with E-state index in [1.807, 2.05) is 0 Å². The van der Waals surface area contributed by atoms with Crippen molar-refractivity contribution >= 4 is 0 Å². The zero-order chi connectivity index (χ0) is 16.1. The van der Waals surface area contributed by atoms with Gasteiger partial charge in [0.05, 0.1) is 0 Å². The van der Waals surface area contributed by atoms with Crippen LogP contribution in [0.3, 0.4) is 0 Å². The van der Waals surface area contributed by atoms with Crippen molar-refractivity contribution in [3.63, 3.8) is 0 Å². The fourth-order valence-corrected chi connectivity index (χ4v) is 2.70. The SMILES string of the molecule is CCCC/C=C\CCCCCCCCCC/C=C\CCCC. The van der Waals surface area contributed by atoms with Crippen molar-refractivity contribution in [2.75, 3.05) is 0 Å². The van der Waals surface area contributed by atoms with Crippen LogP contribution < -0.4 is 0 Å². The predicted octanol–water partition coefficient (Wildman–Crippen LogP) is 8.38. The van der Waals surface area contributed by atoms with Crippen molar-refractivity contribution < 1.29 is 0 Å². The van der Waals surface area contributed by atoms with Gasteiger partial charge in [0, 0.05) is 0 Å². The van der Waals surface area contributed by atoms with Crippen LogP contribution in [0.1, 0.15) is 117 Å². The molecule has 0 heterocycles. The summed E-state index contributed by atoms with van der Waals surface area (Å²) in [6, 6.07) is 0. The van der Waals surface area contributed by atoms with Crippen LogP contribution in [0.2, 0.25) is 0 Å². The molecular weight excluding hydrogens is 264 g/mol. The van der Waals surface area contributed by atoms with Crippen molar-refractivity contribution in [2.45, 2.75) is 117 Å². The molecule has 0 radical (unpaired) electrons. The highest BCUT2D eigenvalue weighted by Crippen LogP contribution is 2.11. The molecule has 0 rings (SSSR count). The maximum atomic E-state index is 2.39. The Hall–Kier alpha value is -0.520. The number of hydrogen-bond acceptors (Lipinski definition) is 0. The molecule has 0 saturated heterocycles. The molecule has 130 valence electrons. The summed E-state index contributed by atoms with van der Waals surface area (Å²) in [5.74, 6) is 0. The minimum absolute atomic E-state index is 1.28. The summed E-state index contributed by atoms with van der Waals surface area (Å²) >= 11 is 0. The van der Waals surface area contributed by atoms with Gasteiger partial charge in [-0.05, 0) is 38.5 Å². The first-order valence-electron chi connectivity index (χ1n) is 10.2. The van der Waals surface area contributed by atoms with Gasteiger partial charge in [-0.1, -0.05) is 102 Å². The molecule has 0 aliphatic rings. The molecule has 0 heteroatoms. The van der Waals surface area contributed by atoms with Gasteiger partial charge in [-0.3, -0.25) is 0 Å². The van der Waals surface area contributed by atoms with Crippen molar-refractivity contribution in [3.05, 3.63) is 24.3 Å². The molecule has 0 aromatic heterocycles. The third kappa shape index (κ3) is 19.5. The predicted molar refractivity (Wildman–Crippen MR) is 104 cm³/mol. The van der Waals surface area contributed by atoms with Gasteiger partial charge < -0.3 is 0 Å². The van der Waals surface area contributed by atoms with E-state index >= 15 is 0 Å². The zero-order valence-corrected chi connectivity index (χ0v) is 15.6. The minimum Gasteiger partial charge on any atom is -0.0885 e. The molecule has 0 aromatic carbocycles. The van der Waals surface area contributed by atoms with E-state index in [4.69, 9.17) is 0 Å². The lowest BCUT2D eigenvalue weighted by Crippen LogP contribution is -1.81. The number of hydrogen-bond donors (Lipinski definition) is 0. The van der Waals surface area contributed by atoms with E-state index in [1.54, 1.807) is 0 Å². The Labute approximate surface area is 141 Å². The quantitative estimate of drug-likeness (QED) is 0.187. The van der Waals surface area contributed by atoms with E-state index in [1.165, 1.54) is 103 Å². The Bertz CT molecular complexity index is 210. The second kappa shape index (κ2) is 20.5. The van der Waals surface area contributed by atoms with Gasteiger partial charge in [-0.2, -0.15) is 0 Å². The Morgan fingerprint density at radius 1 is 0.364 bits per heavy atom. The van der Waals surface area contributed by atoms with E-state index in [-0.39, 0.29) is 0 Å². The first kappa shape index (κ1) is 21.5. The molecule has 0 aliphatic heterocycles. The molecule has 0 amide bonds. The Kier molecular flexibility index (Phi) is 20.0. The second-order valence-electron chi connectivity index (χ2n) is 6.63. The number of unbranched alkanes of at least 4 members (excludes halogenated alkanes) is 13. The normalized spacial score (nSPS) is 11.9. The van der Waals surface area contributed by atoms with Crippen molar-refractivity contribution in [2.24, 2.45) is 0 Å². The summed E-state index contributed by atoms with van der Waals surface area (Å²) in [5, 5.41) is 0. The van der Waals surface area contributed by atoms with E-state index in [2.05, 4.69) is 38.2 Å². The van der Waals surface area contributed by atoms with Crippen LogP contribution in [0.25, 0.3) is 0 Å². The molecule has 0 spiro atoms. The lowest BCUT2D eigenvalue weighted by Gasteiger charge is -2.01. The van der Waals surface area contributed by atoms with Crippen LogP contribution in [-0.4, -0.2) is 0 Å². The lowest BCUT2D eigenvalue weighted by molar-refractivity contribution is 0.571. The van der Waals surface area contributed by atoms with E-state index < -0.39 is 0 Å². The summed E-state index contributed by atoms with van der Waals surface area (Å²) < 4.78 is 0. The maximum Gasteiger partial charge on any atom is -0.0351 e. The van der Waals surface area contributed by atoms with Gasteiger partial charge in [0.1, 0.15) is 0 Å². The summed E-state index contributed by atoms with van der Waals surface area (Å²) in [4.78, 5) is 0. The van der Waals surface area contributed by atoms with E-state index in [9.17, 15) is 0 Å². The number of allylic oxidation sites excluding steroid dienone is 4. The second-order valence-corrected chi connectivity index (χ2v) is 6.63. The number of rotatable bonds is 17. The first-order chi connectivity index (χ1) is 10.9. The zero-order valence-electron chi connectivity index (χ0n) is 15.6. The average Bonchev–Trinajstić information content (AvgIpc) is 2.54. The van der Waals surface area contributed by atoms with Gasteiger partial charge in [0.15, 0.2) is 0 Å². The molecule has 0 fully saturated rings. The van der Waals surface area contributed by atoms with Crippen molar-refractivity contribution in [3.8, 4) is 0 Å². The molecular formula is C22H42. The van der Waals surface area contributed by atoms with E-state index in [0.29, 0.717) is 0 Å². The van der Waals surface area contributed by atoms with Crippen LogP contribution >= 0.6 is 0 Å². The summed E-state index contributed by atoms with van der Waals surface area (Å²) in [6.45, 7) is 4.52. The third-order valence-electron chi connectivity index (χ3n) is 4.27. The Balaban J connectivity index is 3.05. The lowest BCUT2D eigenvalue weighted by atomic mass is 10.1. The fraction of sp³-hybridized carbons (Fsp3) is 0.818. The third-order valence-corrected chi connectivity index (χ3v) is 4.27. The molecule has 22 heavy (non-hydrogen) atoms. The van der Waals surface area contributed by atoms with Gasteiger partial charge >= 0.3 is 0 Å². The molecule has 0 atom stereocenters. The van der Waals surface area contributed by atoms with Crippen LogP contribution in [0.5, 0.6) is 0 Å². The van der Waals surface area contributed by atoms with Crippen LogP contribution in [0.15, 0.2) is 24.3 Å². The smallest absolute Gasteiger partial charge is 0.0351 e. The maximum absolute atomic E-state index is 2.39. The monoisotopic (exact) mass is 306 g/mol. The Morgan fingerprint density at radius 2 is 0.636 bits per heavy atom. The van der Waals surface area contributed by atoms with Gasteiger partial charge in [-0.25, -0.2) is 0 Å². The average molecular weight is 307 g/mol. The largest absolute Gasteiger partial charge is 0.0885 e. The standard InChI is InChI=1S/C22H42/c1-3-5-7-9-11-13-15-17-19-21-22-20-18-16-14-12-10-8-6-4-2/h9-12H,3-8,13-22H2,1-2H3/b11-9-,12-10-. The summed E-state index contributed by atoms with van der Waals surface area (Å²) in [6.07, 6.45) is 31.5. The fourth-order valence-electron chi connectivity index (χ4n) is 2.70. The molecule has 0 saturated carbocycles. The van der Waals surface area contributed by atoms with E-state index in [0.717, 1.165) is 0 Å². The highest BCUT2D eigenvalue weighted by Gasteiger charge is 1.91. The molecule has 0 aromatic rings. The van der Waals surface area contributed by atoms with Gasteiger partial charge in [0.25, 0.3) is 0 Å². The van der Waals surface area contributed by atoms with Crippen LogP contribution in [-0.2, 0) is 0 Å². The Morgan fingerprint density at radius 3 is 0.955 bits per heavy atom. The minimum atomic E-state index is 1.28. The van der Waals surface area contributed by atoms with Crippen molar-refractivity contribution in [1.29, 1.82) is 0 Å². The first-order valence-corrected chi connectivity index (χ1v) is 10.2. The van der Waals surface area contributed by atoms with Crippen LogP contribution in [0.4, 0.5) is 0 Å². The summed E-state index contributed by atoms with van der Waals surface area (Å²) in [5.41, 5.74) is 0. The van der Waals surface area contributed by atoms with Crippen LogP contribution in [0, 0.1) is 0 Å². The molecule has 0 aliphatic carbocycles. The highest BCUT2D eigenvalue weighted by atomic mass is 14.0. The topological polar surface area (TPSA) is 0 Å².